The summed E-state index contributed by atoms with van der Waals surface area (Å²) in [6.07, 6.45) is 4.95. The van der Waals surface area contributed by atoms with Gasteiger partial charge in [0.25, 0.3) is 0 Å². The third-order valence-electron chi connectivity index (χ3n) is 3.54. The minimum absolute atomic E-state index is 0.0160. The molecule has 18 heavy (non-hydrogen) atoms. The summed E-state index contributed by atoms with van der Waals surface area (Å²) in [4.78, 5) is 5.03. The predicted molar refractivity (Wildman–Crippen MR) is 76.9 cm³/mol. The molecular formula is C14H19N3Se. The summed E-state index contributed by atoms with van der Waals surface area (Å²) in [6, 6.07) is 10.6. The van der Waals surface area contributed by atoms with E-state index in [1.54, 1.807) is 0 Å². The fraction of sp³-hybridized carbons (Fsp3) is 0.500. The van der Waals surface area contributed by atoms with E-state index in [9.17, 15) is 0 Å². The SMILES string of the molecule is CC[Se]C1=NC2(CCCC2)NN1c1ccccc1. The minimum atomic E-state index is 0.0160. The average Bonchev–Trinajstić information content (AvgIpc) is 3.00. The van der Waals surface area contributed by atoms with Crippen molar-refractivity contribution in [3.8, 4) is 0 Å². The van der Waals surface area contributed by atoms with Gasteiger partial charge in [0, 0.05) is 0 Å². The molecule has 0 bridgehead atoms. The van der Waals surface area contributed by atoms with E-state index >= 15 is 0 Å². The number of amidine groups is 1. The zero-order valence-electron chi connectivity index (χ0n) is 10.7. The zero-order chi connectivity index (χ0) is 12.4. The van der Waals surface area contributed by atoms with Gasteiger partial charge >= 0.3 is 115 Å². The Morgan fingerprint density at radius 1 is 1.28 bits per heavy atom. The Labute approximate surface area is 115 Å². The van der Waals surface area contributed by atoms with Crippen molar-refractivity contribution in [3.63, 3.8) is 0 Å². The first kappa shape index (κ1) is 12.2. The Kier molecular flexibility index (Phi) is 3.42. The number of rotatable bonds is 3. The van der Waals surface area contributed by atoms with E-state index in [0.29, 0.717) is 15.0 Å². The molecule has 1 aromatic carbocycles. The number of aliphatic imine (C=N–C) groups is 1. The number of anilines is 1. The molecule has 0 aromatic heterocycles. The van der Waals surface area contributed by atoms with E-state index in [-0.39, 0.29) is 5.66 Å². The first-order valence-electron chi connectivity index (χ1n) is 6.69. The zero-order valence-corrected chi connectivity index (χ0v) is 12.4. The van der Waals surface area contributed by atoms with Crippen LogP contribution in [0.2, 0.25) is 5.32 Å². The molecule has 4 heteroatoms. The van der Waals surface area contributed by atoms with E-state index < -0.39 is 0 Å². The third kappa shape index (κ3) is 2.20. The van der Waals surface area contributed by atoms with Gasteiger partial charge in [-0.25, -0.2) is 0 Å². The Hall–Kier alpha value is -0.831. The number of nitrogens with zero attached hydrogens (tertiary/aromatic N) is 2. The van der Waals surface area contributed by atoms with Crippen LogP contribution in [0.3, 0.4) is 0 Å². The molecule has 1 aliphatic carbocycles. The number of nitrogens with one attached hydrogen (secondary N) is 1. The second-order valence-corrected chi connectivity index (χ2v) is 7.43. The molecule has 1 spiro atoms. The Morgan fingerprint density at radius 3 is 2.67 bits per heavy atom. The van der Waals surface area contributed by atoms with Crippen molar-refractivity contribution in [2.45, 2.75) is 43.6 Å². The Bertz CT molecular complexity index is 438. The van der Waals surface area contributed by atoms with Gasteiger partial charge in [-0.2, -0.15) is 0 Å². The van der Waals surface area contributed by atoms with Crippen molar-refractivity contribution in [2.24, 2.45) is 4.99 Å². The predicted octanol–water partition coefficient (Wildman–Crippen LogP) is 2.78. The van der Waals surface area contributed by atoms with Gasteiger partial charge in [-0.3, -0.25) is 0 Å². The van der Waals surface area contributed by atoms with Crippen molar-refractivity contribution in [1.29, 1.82) is 0 Å². The van der Waals surface area contributed by atoms with Crippen molar-refractivity contribution in [2.75, 3.05) is 5.01 Å². The van der Waals surface area contributed by atoms with E-state index in [0.717, 1.165) is 0 Å². The average molecular weight is 308 g/mol. The maximum atomic E-state index is 5.03. The van der Waals surface area contributed by atoms with E-state index in [1.807, 2.05) is 0 Å². The molecule has 1 aromatic rings. The molecule has 1 heterocycles. The van der Waals surface area contributed by atoms with Crippen LogP contribution in [0.4, 0.5) is 5.69 Å². The maximum absolute atomic E-state index is 5.03. The first-order chi connectivity index (χ1) is 8.83. The molecule has 0 saturated heterocycles. The molecule has 2 aliphatic rings. The number of para-hydroxylation sites is 1. The van der Waals surface area contributed by atoms with Crippen molar-refractivity contribution in [1.82, 2.24) is 5.43 Å². The molecule has 0 atom stereocenters. The van der Waals surface area contributed by atoms with Crippen LogP contribution in [0.25, 0.3) is 0 Å². The summed E-state index contributed by atoms with van der Waals surface area (Å²) >= 11 is 0.467. The van der Waals surface area contributed by atoms with Gasteiger partial charge in [0.15, 0.2) is 0 Å². The quantitative estimate of drug-likeness (QED) is 0.870. The number of hydrogen-bond acceptors (Lipinski definition) is 3. The summed E-state index contributed by atoms with van der Waals surface area (Å²) in [7, 11) is 0. The van der Waals surface area contributed by atoms with E-state index in [1.165, 1.54) is 41.4 Å². The fourth-order valence-electron chi connectivity index (χ4n) is 2.68. The van der Waals surface area contributed by atoms with Crippen LogP contribution in [0.5, 0.6) is 0 Å². The molecule has 1 aliphatic heterocycles. The van der Waals surface area contributed by atoms with Crippen LogP contribution in [0.1, 0.15) is 32.6 Å². The summed E-state index contributed by atoms with van der Waals surface area (Å²) in [5.41, 5.74) is 4.90. The second kappa shape index (κ2) is 5.04. The van der Waals surface area contributed by atoms with Crippen LogP contribution in [0, 0.1) is 0 Å². The monoisotopic (exact) mass is 309 g/mol. The molecule has 3 nitrogen and oxygen atoms in total. The van der Waals surface area contributed by atoms with Crippen LogP contribution in [-0.4, -0.2) is 25.4 Å². The molecule has 3 rings (SSSR count). The Balaban J connectivity index is 1.89. The van der Waals surface area contributed by atoms with Gasteiger partial charge in [-0.05, 0) is 0 Å². The molecule has 1 N–H and O–H groups in total. The standard InChI is InChI=1S/C14H19N3Se/c1-2-18-13-15-14(10-6-7-11-14)16-17(13)12-8-4-3-5-9-12/h3-5,8-9,16H,2,6-7,10-11H2,1H3. The van der Waals surface area contributed by atoms with E-state index in [2.05, 4.69) is 47.7 Å². The van der Waals surface area contributed by atoms with Crippen molar-refractivity contribution >= 4 is 25.4 Å². The molecule has 96 valence electrons. The summed E-state index contributed by atoms with van der Waals surface area (Å²) in [5.74, 6) is 0. The fourth-order valence-corrected chi connectivity index (χ4v) is 4.31. The number of hydrogen-bond donors (Lipinski definition) is 1. The van der Waals surface area contributed by atoms with Gasteiger partial charge in [0.2, 0.25) is 0 Å². The van der Waals surface area contributed by atoms with Crippen molar-refractivity contribution in [3.05, 3.63) is 30.3 Å². The van der Waals surface area contributed by atoms with Gasteiger partial charge in [0.1, 0.15) is 0 Å². The van der Waals surface area contributed by atoms with Crippen LogP contribution >= 0.6 is 0 Å². The summed E-state index contributed by atoms with van der Waals surface area (Å²) in [5, 5.41) is 3.43. The third-order valence-corrected chi connectivity index (χ3v) is 5.26. The molecular weight excluding hydrogens is 289 g/mol. The Morgan fingerprint density at radius 2 is 2.00 bits per heavy atom. The summed E-state index contributed by atoms with van der Waals surface area (Å²) in [6.45, 7) is 2.24. The van der Waals surface area contributed by atoms with Gasteiger partial charge in [0.05, 0.1) is 0 Å². The van der Waals surface area contributed by atoms with Crippen LogP contribution in [0.15, 0.2) is 35.3 Å². The van der Waals surface area contributed by atoms with Gasteiger partial charge < -0.3 is 0 Å². The molecule has 1 saturated carbocycles. The first-order valence-corrected chi connectivity index (χ1v) is 8.75. The second-order valence-electron chi connectivity index (χ2n) is 4.85. The number of benzene rings is 1. The van der Waals surface area contributed by atoms with Crippen LogP contribution < -0.4 is 10.4 Å². The van der Waals surface area contributed by atoms with Crippen LogP contribution in [-0.2, 0) is 0 Å². The normalized spacial score (nSPS) is 21.6. The molecule has 0 amide bonds. The summed E-state index contributed by atoms with van der Waals surface area (Å²) < 4.78 is 1.26. The molecule has 1 fully saturated rings. The number of hydrazine groups is 1. The molecule has 0 unspecified atom stereocenters. The van der Waals surface area contributed by atoms with Gasteiger partial charge in [-0.1, -0.05) is 0 Å². The van der Waals surface area contributed by atoms with Crippen molar-refractivity contribution < 1.29 is 0 Å². The molecule has 0 radical (unpaired) electrons. The van der Waals surface area contributed by atoms with E-state index in [4.69, 9.17) is 4.99 Å². The van der Waals surface area contributed by atoms with Gasteiger partial charge in [-0.15, -0.1) is 0 Å². The topological polar surface area (TPSA) is 27.6 Å².